The zero-order valence-corrected chi connectivity index (χ0v) is 20.1. The second-order valence-electron chi connectivity index (χ2n) is 9.41. The molecule has 1 N–H and O–H groups in total. The highest BCUT2D eigenvalue weighted by Crippen LogP contribution is 2.31. The van der Waals surface area contributed by atoms with Crippen LogP contribution < -0.4 is 5.32 Å². The van der Waals surface area contributed by atoms with Gasteiger partial charge in [-0.15, -0.1) is 11.3 Å². The maximum Gasteiger partial charge on any atom is 0.265 e. The van der Waals surface area contributed by atoms with Crippen molar-refractivity contribution in [1.82, 2.24) is 15.2 Å². The van der Waals surface area contributed by atoms with E-state index in [1.165, 1.54) is 37.0 Å². The summed E-state index contributed by atoms with van der Waals surface area (Å²) in [4.78, 5) is 33.4. The van der Waals surface area contributed by atoms with Crippen LogP contribution in [0.3, 0.4) is 0 Å². The quantitative estimate of drug-likeness (QED) is 0.613. The minimum absolute atomic E-state index is 0.00493. The van der Waals surface area contributed by atoms with E-state index in [1.807, 2.05) is 42.2 Å². The molecule has 5 nitrogen and oxygen atoms in total. The number of rotatable bonds is 5. The second-order valence-corrected chi connectivity index (χ2v) is 10.4. The molecule has 1 atom stereocenters. The van der Waals surface area contributed by atoms with Gasteiger partial charge >= 0.3 is 0 Å². The van der Waals surface area contributed by atoms with E-state index in [0.29, 0.717) is 25.0 Å². The molecular formula is C26H35N3O2S. The number of amides is 2. The molecule has 2 aliphatic rings. The van der Waals surface area contributed by atoms with Gasteiger partial charge in [0, 0.05) is 30.6 Å². The Bertz CT molecular complexity index is 910. The molecule has 2 heterocycles. The van der Waals surface area contributed by atoms with Gasteiger partial charge < -0.3 is 10.2 Å². The Morgan fingerprint density at radius 3 is 2.34 bits per heavy atom. The highest BCUT2D eigenvalue weighted by Gasteiger charge is 2.32. The van der Waals surface area contributed by atoms with Crippen LogP contribution in [-0.2, 0) is 4.79 Å². The number of nitrogens with zero attached hydrogens (tertiary/aromatic N) is 2. The molecule has 2 aromatic rings. The molecule has 32 heavy (non-hydrogen) atoms. The molecule has 0 radical (unpaired) electrons. The predicted octanol–water partition coefficient (Wildman–Crippen LogP) is 5.45. The number of likely N-dealkylation sites (tertiary alicyclic amines) is 1. The van der Waals surface area contributed by atoms with Gasteiger partial charge in [-0.25, -0.2) is 4.98 Å². The number of carbonyl (C=O) groups excluding carboxylic acids is 2. The molecule has 4 rings (SSSR count). The number of benzene rings is 1. The van der Waals surface area contributed by atoms with Gasteiger partial charge in [0.1, 0.15) is 9.88 Å². The first kappa shape index (κ1) is 23.0. The summed E-state index contributed by atoms with van der Waals surface area (Å²) in [5, 5.41) is 4.21. The first-order valence-corrected chi connectivity index (χ1v) is 13.0. The Morgan fingerprint density at radius 2 is 1.69 bits per heavy atom. The number of hydrogen-bond acceptors (Lipinski definition) is 4. The van der Waals surface area contributed by atoms with E-state index in [-0.39, 0.29) is 17.7 Å². The Labute approximate surface area is 195 Å². The molecule has 1 aromatic heterocycles. The largest absolute Gasteiger partial charge is 0.353 e. The third-order valence-corrected chi connectivity index (χ3v) is 8.36. The van der Waals surface area contributed by atoms with Gasteiger partial charge in [-0.2, -0.15) is 0 Å². The van der Waals surface area contributed by atoms with Crippen molar-refractivity contribution < 1.29 is 9.59 Å². The van der Waals surface area contributed by atoms with Crippen molar-refractivity contribution in [3.63, 3.8) is 0 Å². The van der Waals surface area contributed by atoms with E-state index < -0.39 is 0 Å². The number of aromatic nitrogens is 1. The number of carbonyl (C=O) groups is 2. The lowest BCUT2D eigenvalue weighted by atomic mass is 9.84. The zero-order chi connectivity index (χ0) is 22.5. The fourth-order valence-corrected chi connectivity index (χ4v) is 6.06. The minimum atomic E-state index is 0.00493. The summed E-state index contributed by atoms with van der Waals surface area (Å²) in [6, 6.07) is 10.4. The van der Waals surface area contributed by atoms with E-state index in [2.05, 4.69) is 17.2 Å². The van der Waals surface area contributed by atoms with Crippen LogP contribution in [0.4, 0.5) is 0 Å². The van der Waals surface area contributed by atoms with E-state index in [9.17, 15) is 9.59 Å². The Hall–Kier alpha value is -2.21. The lowest BCUT2D eigenvalue weighted by molar-refractivity contribution is -0.127. The van der Waals surface area contributed by atoms with Crippen molar-refractivity contribution in [2.75, 3.05) is 13.1 Å². The van der Waals surface area contributed by atoms with Crippen LogP contribution in [0, 0.1) is 18.8 Å². The van der Waals surface area contributed by atoms with Crippen molar-refractivity contribution in [3.05, 3.63) is 40.9 Å². The molecule has 1 saturated carbocycles. The standard InChI is InChI=1S/C26H35N3O2S/c1-18(24(30)28-22-12-8-3-4-9-13-22)20-14-16-29(17-15-20)26(31)23-19(2)27-25(32-23)21-10-6-5-7-11-21/h5-7,10-11,18,20,22H,3-4,8-9,12-17H2,1-2H3,(H,28,30)/t18-/m1/s1. The van der Waals surface area contributed by atoms with Crippen LogP contribution in [0.15, 0.2) is 30.3 Å². The summed E-state index contributed by atoms with van der Waals surface area (Å²) in [5.74, 6) is 0.626. The molecule has 0 unspecified atom stereocenters. The SMILES string of the molecule is Cc1nc(-c2ccccc2)sc1C(=O)N1CCC([C@@H](C)C(=O)NC2CCCCCC2)CC1. The maximum atomic E-state index is 13.2. The summed E-state index contributed by atoms with van der Waals surface area (Å²) in [7, 11) is 0. The maximum absolute atomic E-state index is 13.2. The fourth-order valence-electron chi connectivity index (χ4n) is 5.02. The molecule has 0 spiro atoms. The second kappa shape index (κ2) is 10.6. The van der Waals surface area contributed by atoms with E-state index >= 15 is 0 Å². The van der Waals surface area contributed by atoms with Gasteiger partial charge in [0.2, 0.25) is 5.91 Å². The van der Waals surface area contributed by atoms with Gasteiger partial charge in [0.05, 0.1) is 5.69 Å². The van der Waals surface area contributed by atoms with Crippen LogP contribution in [0.25, 0.3) is 10.6 Å². The van der Waals surface area contributed by atoms with E-state index in [1.54, 1.807) is 0 Å². The Kier molecular flexibility index (Phi) is 7.61. The predicted molar refractivity (Wildman–Crippen MR) is 130 cm³/mol. The van der Waals surface area contributed by atoms with Crippen LogP contribution >= 0.6 is 11.3 Å². The molecular weight excluding hydrogens is 418 g/mol. The third kappa shape index (κ3) is 5.40. The van der Waals surface area contributed by atoms with Gasteiger partial charge in [-0.3, -0.25) is 9.59 Å². The topological polar surface area (TPSA) is 62.3 Å². The number of piperidine rings is 1. The lowest BCUT2D eigenvalue weighted by Gasteiger charge is -2.34. The zero-order valence-electron chi connectivity index (χ0n) is 19.3. The molecule has 172 valence electrons. The van der Waals surface area contributed by atoms with Crippen molar-refractivity contribution in [3.8, 4) is 10.6 Å². The van der Waals surface area contributed by atoms with Gasteiger partial charge in [-0.1, -0.05) is 62.9 Å². The monoisotopic (exact) mass is 453 g/mol. The highest BCUT2D eigenvalue weighted by atomic mass is 32.1. The first-order chi connectivity index (χ1) is 15.5. The lowest BCUT2D eigenvalue weighted by Crippen LogP contribution is -2.44. The molecule has 1 aromatic carbocycles. The van der Waals surface area contributed by atoms with Gasteiger partial charge in [0.25, 0.3) is 5.91 Å². The normalized spacial score (nSPS) is 19.4. The molecule has 2 fully saturated rings. The van der Waals surface area contributed by atoms with Crippen LogP contribution in [-0.4, -0.2) is 40.8 Å². The third-order valence-electron chi connectivity index (χ3n) is 7.16. The van der Waals surface area contributed by atoms with Crippen molar-refractivity contribution in [2.24, 2.45) is 11.8 Å². The van der Waals surface area contributed by atoms with E-state index in [0.717, 1.165) is 46.8 Å². The summed E-state index contributed by atoms with van der Waals surface area (Å²) >= 11 is 1.48. The Balaban J connectivity index is 1.32. The number of aryl methyl sites for hydroxylation is 1. The van der Waals surface area contributed by atoms with Crippen molar-refractivity contribution in [1.29, 1.82) is 0 Å². The molecule has 0 bridgehead atoms. The van der Waals surface area contributed by atoms with Crippen LogP contribution in [0.2, 0.25) is 0 Å². The van der Waals surface area contributed by atoms with Crippen molar-refractivity contribution in [2.45, 2.75) is 71.3 Å². The molecule has 1 aliphatic carbocycles. The van der Waals surface area contributed by atoms with Crippen LogP contribution in [0.5, 0.6) is 0 Å². The fraction of sp³-hybridized carbons (Fsp3) is 0.577. The highest BCUT2D eigenvalue weighted by molar-refractivity contribution is 7.17. The first-order valence-electron chi connectivity index (χ1n) is 12.2. The average molecular weight is 454 g/mol. The van der Waals surface area contributed by atoms with Gasteiger partial charge in [-0.05, 0) is 38.5 Å². The summed E-state index contributed by atoms with van der Waals surface area (Å²) < 4.78 is 0. The minimum Gasteiger partial charge on any atom is -0.353 e. The van der Waals surface area contributed by atoms with Crippen molar-refractivity contribution >= 4 is 23.2 Å². The number of thiazole rings is 1. The average Bonchev–Trinajstić information content (AvgIpc) is 3.03. The Morgan fingerprint density at radius 1 is 1.03 bits per heavy atom. The molecule has 1 saturated heterocycles. The molecule has 2 amide bonds. The molecule has 6 heteroatoms. The van der Waals surface area contributed by atoms with Gasteiger partial charge in [0.15, 0.2) is 0 Å². The number of nitrogens with one attached hydrogen (secondary N) is 1. The van der Waals surface area contributed by atoms with Crippen LogP contribution in [0.1, 0.15) is 73.7 Å². The number of hydrogen-bond donors (Lipinski definition) is 1. The van der Waals surface area contributed by atoms with E-state index in [4.69, 9.17) is 0 Å². The summed E-state index contributed by atoms with van der Waals surface area (Å²) in [6.45, 7) is 5.40. The summed E-state index contributed by atoms with van der Waals surface area (Å²) in [5.41, 5.74) is 1.85. The smallest absolute Gasteiger partial charge is 0.265 e. The molecule has 1 aliphatic heterocycles. The summed E-state index contributed by atoms with van der Waals surface area (Å²) in [6.07, 6.45) is 9.03.